The summed E-state index contributed by atoms with van der Waals surface area (Å²) in [5, 5.41) is 6.82. The summed E-state index contributed by atoms with van der Waals surface area (Å²) >= 11 is 0. The first-order chi connectivity index (χ1) is 11.3. The quantitative estimate of drug-likeness (QED) is 0.855. The Labute approximate surface area is 141 Å². The van der Waals surface area contributed by atoms with Crippen LogP contribution in [0.4, 0.5) is 0 Å². The van der Waals surface area contributed by atoms with Gasteiger partial charge >= 0.3 is 5.97 Å². The third kappa shape index (κ3) is 4.01. The molecule has 0 spiro atoms. The monoisotopic (exact) mass is 329 g/mol. The Morgan fingerprint density at radius 1 is 1.25 bits per heavy atom. The Morgan fingerprint density at radius 3 is 2.54 bits per heavy atom. The number of benzene rings is 1. The van der Waals surface area contributed by atoms with Gasteiger partial charge in [0.15, 0.2) is 6.61 Å². The van der Waals surface area contributed by atoms with Crippen molar-refractivity contribution >= 4 is 11.9 Å². The van der Waals surface area contributed by atoms with E-state index < -0.39 is 5.97 Å². The van der Waals surface area contributed by atoms with Crippen molar-refractivity contribution in [3.63, 3.8) is 0 Å². The number of aromatic nitrogens is 2. The van der Waals surface area contributed by atoms with Gasteiger partial charge in [-0.2, -0.15) is 5.10 Å². The number of rotatable bonds is 5. The minimum absolute atomic E-state index is 0.157. The maximum absolute atomic E-state index is 12.0. The topological polar surface area (TPSA) is 73.2 Å². The van der Waals surface area contributed by atoms with Crippen LogP contribution in [0.15, 0.2) is 24.4 Å². The molecule has 0 fully saturated rings. The van der Waals surface area contributed by atoms with E-state index in [2.05, 4.69) is 10.4 Å². The minimum atomic E-state index is -0.547. The number of nitrogens with one attached hydrogen (secondary N) is 1. The maximum atomic E-state index is 12.0. The summed E-state index contributed by atoms with van der Waals surface area (Å²) in [6.07, 6.45) is 1.44. The number of hydrogen-bond donors (Lipinski definition) is 1. The van der Waals surface area contributed by atoms with E-state index in [9.17, 15) is 9.59 Å². The molecule has 0 saturated carbocycles. The Balaban J connectivity index is 1.89. The van der Waals surface area contributed by atoms with Crippen molar-refractivity contribution in [1.29, 1.82) is 0 Å². The molecule has 2 aromatic rings. The van der Waals surface area contributed by atoms with Crippen LogP contribution in [0, 0.1) is 20.8 Å². The first-order valence-electron chi connectivity index (χ1n) is 7.82. The molecule has 1 N–H and O–H groups in total. The van der Waals surface area contributed by atoms with E-state index in [-0.39, 0.29) is 18.6 Å². The zero-order valence-corrected chi connectivity index (χ0v) is 14.7. The zero-order valence-electron chi connectivity index (χ0n) is 14.7. The average Bonchev–Trinajstić information content (AvgIpc) is 2.87. The molecule has 0 saturated heterocycles. The molecular formula is C18H23N3O3. The summed E-state index contributed by atoms with van der Waals surface area (Å²) in [5.74, 6) is -0.884. The molecule has 0 radical (unpaired) electrons. The first-order valence-corrected chi connectivity index (χ1v) is 7.82. The van der Waals surface area contributed by atoms with Gasteiger partial charge in [-0.15, -0.1) is 0 Å². The van der Waals surface area contributed by atoms with Crippen LogP contribution in [-0.2, 0) is 16.6 Å². The van der Waals surface area contributed by atoms with Crippen molar-refractivity contribution in [2.75, 3.05) is 6.61 Å². The maximum Gasteiger partial charge on any atom is 0.342 e. The largest absolute Gasteiger partial charge is 0.452 e. The van der Waals surface area contributed by atoms with Crippen molar-refractivity contribution in [1.82, 2.24) is 15.1 Å². The number of carbonyl (C=O) groups is 2. The van der Waals surface area contributed by atoms with E-state index in [0.717, 1.165) is 5.56 Å². The normalized spacial score (nSPS) is 11.9. The lowest BCUT2D eigenvalue weighted by atomic mass is 10.0. The molecule has 1 unspecified atom stereocenters. The number of nitrogens with zero attached hydrogens (tertiary/aromatic N) is 2. The summed E-state index contributed by atoms with van der Waals surface area (Å²) in [5.41, 5.74) is 4.46. The van der Waals surface area contributed by atoms with Crippen LogP contribution in [0.2, 0.25) is 0 Å². The third-order valence-corrected chi connectivity index (χ3v) is 4.20. The lowest BCUT2D eigenvalue weighted by molar-refractivity contribution is -0.124. The van der Waals surface area contributed by atoms with Crippen molar-refractivity contribution in [2.24, 2.45) is 7.05 Å². The van der Waals surface area contributed by atoms with E-state index in [4.69, 9.17) is 4.74 Å². The van der Waals surface area contributed by atoms with Gasteiger partial charge in [0.2, 0.25) is 0 Å². The average molecular weight is 329 g/mol. The minimum Gasteiger partial charge on any atom is -0.452 e. The highest BCUT2D eigenvalue weighted by atomic mass is 16.5. The third-order valence-electron chi connectivity index (χ3n) is 4.20. The highest BCUT2D eigenvalue weighted by molar-refractivity contribution is 5.92. The smallest absolute Gasteiger partial charge is 0.342 e. The van der Waals surface area contributed by atoms with Gasteiger partial charge in [0.25, 0.3) is 5.91 Å². The summed E-state index contributed by atoms with van der Waals surface area (Å²) in [6, 6.07) is 5.90. The Hall–Kier alpha value is -2.63. The van der Waals surface area contributed by atoms with Gasteiger partial charge in [0.1, 0.15) is 5.56 Å². The molecule has 24 heavy (non-hydrogen) atoms. The fourth-order valence-corrected chi connectivity index (χ4v) is 2.31. The van der Waals surface area contributed by atoms with Crippen LogP contribution in [0.1, 0.15) is 45.7 Å². The second-order valence-electron chi connectivity index (χ2n) is 5.98. The predicted molar refractivity (Wildman–Crippen MR) is 90.7 cm³/mol. The Morgan fingerprint density at radius 2 is 1.96 bits per heavy atom. The van der Waals surface area contributed by atoms with Gasteiger partial charge in [0, 0.05) is 12.7 Å². The molecule has 6 nitrogen and oxygen atoms in total. The number of ether oxygens (including phenoxy) is 1. The van der Waals surface area contributed by atoms with Gasteiger partial charge in [-0.25, -0.2) is 4.79 Å². The Bertz CT molecular complexity index is 765. The van der Waals surface area contributed by atoms with E-state index in [0.29, 0.717) is 11.3 Å². The van der Waals surface area contributed by atoms with Crippen LogP contribution >= 0.6 is 0 Å². The molecule has 128 valence electrons. The van der Waals surface area contributed by atoms with Gasteiger partial charge < -0.3 is 10.1 Å². The van der Waals surface area contributed by atoms with E-state index >= 15 is 0 Å². The van der Waals surface area contributed by atoms with Crippen LogP contribution in [-0.4, -0.2) is 28.3 Å². The van der Waals surface area contributed by atoms with E-state index in [1.165, 1.54) is 17.3 Å². The standard InChI is InChI=1S/C18H23N3O3/c1-11-6-7-15(8-12(11)2)13(3)20-17(22)10-24-18(23)16-9-19-21(5)14(16)4/h6-9,13H,10H2,1-5H3,(H,20,22). The van der Waals surface area contributed by atoms with Crippen LogP contribution < -0.4 is 5.32 Å². The van der Waals surface area contributed by atoms with Crippen molar-refractivity contribution < 1.29 is 14.3 Å². The molecular weight excluding hydrogens is 306 g/mol. The molecule has 1 aromatic heterocycles. The highest BCUT2D eigenvalue weighted by Crippen LogP contribution is 2.16. The highest BCUT2D eigenvalue weighted by Gasteiger charge is 2.17. The van der Waals surface area contributed by atoms with E-state index in [1.54, 1.807) is 18.7 Å². The van der Waals surface area contributed by atoms with Crippen LogP contribution in [0.5, 0.6) is 0 Å². The van der Waals surface area contributed by atoms with Gasteiger partial charge in [-0.05, 0) is 44.4 Å². The summed E-state index contributed by atoms with van der Waals surface area (Å²) in [4.78, 5) is 24.0. The summed E-state index contributed by atoms with van der Waals surface area (Å²) in [7, 11) is 1.74. The molecule has 6 heteroatoms. The zero-order chi connectivity index (χ0) is 17.9. The molecule has 2 rings (SSSR count). The molecule has 0 bridgehead atoms. The molecule has 0 aliphatic rings. The predicted octanol–water partition coefficient (Wildman–Crippen LogP) is 2.38. The van der Waals surface area contributed by atoms with Gasteiger partial charge in [-0.3, -0.25) is 9.48 Å². The van der Waals surface area contributed by atoms with Crippen molar-refractivity contribution in [2.45, 2.75) is 33.7 Å². The van der Waals surface area contributed by atoms with Crippen molar-refractivity contribution in [3.8, 4) is 0 Å². The second-order valence-corrected chi connectivity index (χ2v) is 5.98. The number of hydrogen-bond acceptors (Lipinski definition) is 4. The second kappa shape index (κ2) is 7.29. The molecule has 0 aliphatic heterocycles. The fourth-order valence-electron chi connectivity index (χ4n) is 2.31. The SMILES string of the molecule is Cc1ccc(C(C)NC(=O)COC(=O)c2cnn(C)c2C)cc1C. The molecule has 1 atom stereocenters. The van der Waals surface area contributed by atoms with Crippen LogP contribution in [0.25, 0.3) is 0 Å². The number of carbonyl (C=O) groups excluding carboxylic acids is 2. The lowest BCUT2D eigenvalue weighted by Gasteiger charge is -2.15. The van der Waals surface area contributed by atoms with Crippen molar-refractivity contribution in [3.05, 3.63) is 52.3 Å². The summed E-state index contributed by atoms with van der Waals surface area (Å²) < 4.78 is 6.64. The number of esters is 1. The first kappa shape index (κ1) is 17.7. The fraction of sp³-hybridized carbons (Fsp3) is 0.389. The molecule has 0 aliphatic carbocycles. The lowest BCUT2D eigenvalue weighted by Crippen LogP contribution is -2.31. The van der Waals surface area contributed by atoms with Gasteiger partial charge in [0.05, 0.1) is 12.2 Å². The van der Waals surface area contributed by atoms with Gasteiger partial charge in [-0.1, -0.05) is 18.2 Å². The number of aryl methyl sites for hydroxylation is 3. The summed E-state index contributed by atoms with van der Waals surface area (Å²) in [6.45, 7) is 7.43. The molecule has 1 amide bonds. The molecule has 1 heterocycles. The van der Waals surface area contributed by atoms with E-state index in [1.807, 2.05) is 39.0 Å². The Kier molecular flexibility index (Phi) is 5.39. The number of amides is 1. The van der Waals surface area contributed by atoms with Crippen LogP contribution in [0.3, 0.4) is 0 Å². The molecule has 1 aromatic carbocycles.